The molecule has 0 aromatic carbocycles. The van der Waals surface area contributed by atoms with Crippen LogP contribution in [0.15, 0.2) is 40.6 Å². The van der Waals surface area contributed by atoms with Gasteiger partial charge in [0.2, 0.25) is 0 Å². The summed E-state index contributed by atoms with van der Waals surface area (Å²) in [6.45, 7) is 0.748. The Labute approximate surface area is 107 Å². The number of thiophene rings is 1. The minimum Gasteiger partial charge on any atom is -0.491 e. The van der Waals surface area contributed by atoms with Gasteiger partial charge >= 0.3 is 5.97 Å². The third-order valence-corrected chi connectivity index (χ3v) is 3.18. The molecule has 2 heterocycles. The van der Waals surface area contributed by atoms with Gasteiger partial charge in [-0.1, -0.05) is 6.07 Å². The summed E-state index contributed by atoms with van der Waals surface area (Å²) in [5.41, 5.74) is -0.0855. The Morgan fingerprint density at radius 2 is 2.28 bits per heavy atom. The van der Waals surface area contributed by atoms with Crippen molar-refractivity contribution in [3.63, 3.8) is 0 Å². The van der Waals surface area contributed by atoms with Crippen LogP contribution in [0.5, 0.6) is 5.75 Å². The number of aromatic nitrogens is 1. The molecule has 6 heteroatoms. The summed E-state index contributed by atoms with van der Waals surface area (Å²) in [5.74, 6) is -0.449. The molecule has 0 saturated heterocycles. The standard InChI is InChI=1S/C12H11NO4S/c14-11-3-1-2-4-13(11)5-6-17-9-7-10(12(15)16)18-8-9/h1-4,7-8H,5-6H2,(H,15,16). The van der Waals surface area contributed by atoms with Crippen molar-refractivity contribution in [2.45, 2.75) is 6.54 Å². The topological polar surface area (TPSA) is 68.5 Å². The van der Waals surface area contributed by atoms with E-state index < -0.39 is 5.97 Å². The SMILES string of the molecule is O=C(O)c1cc(OCCn2ccccc2=O)cs1. The van der Waals surface area contributed by atoms with Crippen molar-refractivity contribution >= 4 is 17.3 Å². The van der Waals surface area contributed by atoms with Gasteiger partial charge in [0.25, 0.3) is 5.56 Å². The maximum Gasteiger partial charge on any atom is 0.346 e. The van der Waals surface area contributed by atoms with E-state index in [1.165, 1.54) is 16.7 Å². The molecule has 5 nitrogen and oxygen atoms in total. The second kappa shape index (κ2) is 5.50. The molecule has 0 aliphatic heterocycles. The van der Waals surface area contributed by atoms with Gasteiger partial charge in [-0.2, -0.15) is 0 Å². The van der Waals surface area contributed by atoms with Gasteiger partial charge in [0.1, 0.15) is 17.2 Å². The monoisotopic (exact) mass is 265 g/mol. The van der Waals surface area contributed by atoms with E-state index in [1.807, 2.05) is 0 Å². The van der Waals surface area contributed by atoms with E-state index in [1.54, 1.807) is 23.7 Å². The molecule has 2 aromatic rings. The van der Waals surface area contributed by atoms with Gasteiger partial charge in [-0.3, -0.25) is 4.79 Å². The van der Waals surface area contributed by atoms with Gasteiger partial charge in [0, 0.05) is 23.7 Å². The minimum absolute atomic E-state index is 0.0855. The van der Waals surface area contributed by atoms with Gasteiger partial charge < -0.3 is 14.4 Å². The van der Waals surface area contributed by atoms with E-state index in [9.17, 15) is 9.59 Å². The van der Waals surface area contributed by atoms with Crippen molar-refractivity contribution in [2.75, 3.05) is 6.61 Å². The van der Waals surface area contributed by atoms with Gasteiger partial charge in [0.15, 0.2) is 0 Å². The first kappa shape index (κ1) is 12.4. The van der Waals surface area contributed by atoms with Crippen molar-refractivity contribution in [1.29, 1.82) is 0 Å². The number of hydrogen-bond donors (Lipinski definition) is 1. The zero-order chi connectivity index (χ0) is 13.0. The highest BCUT2D eigenvalue weighted by Gasteiger charge is 2.07. The smallest absolute Gasteiger partial charge is 0.346 e. The van der Waals surface area contributed by atoms with Gasteiger partial charge in [0.05, 0.1) is 6.54 Å². The molecule has 0 fully saturated rings. The van der Waals surface area contributed by atoms with Crippen LogP contribution < -0.4 is 10.3 Å². The van der Waals surface area contributed by atoms with Crippen LogP contribution in [-0.4, -0.2) is 22.2 Å². The fourth-order valence-corrected chi connectivity index (χ4v) is 2.08. The zero-order valence-corrected chi connectivity index (χ0v) is 10.2. The molecule has 0 saturated carbocycles. The van der Waals surface area contributed by atoms with Crippen molar-refractivity contribution < 1.29 is 14.6 Å². The molecule has 94 valence electrons. The molecule has 0 spiro atoms. The highest BCUT2D eigenvalue weighted by molar-refractivity contribution is 7.12. The maximum atomic E-state index is 11.4. The number of rotatable bonds is 5. The lowest BCUT2D eigenvalue weighted by Crippen LogP contribution is -2.21. The van der Waals surface area contributed by atoms with Crippen LogP contribution in [0.1, 0.15) is 9.67 Å². The molecule has 1 N–H and O–H groups in total. The predicted octanol–water partition coefficient (Wildman–Crippen LogP) is 1.69. The van der Waals surface area contributed by atoms with E-state index in [0.29, 0.717) is 18.9 Å². The molecule has 2 rings (SSSR count). The number of carboxylic acids is 1. The summed E-state index contributed by atoms with van der Waals surface area (Å²) in [6.07, 6.45) is 1.68. The van der Waals surface area contributed by atoms with Crippen LogP contribution in [0, 0.1) is 0 Å². The van der Waals surface area contributed by atoms with Crippen molar-refractivity contribution in [2.24, 2.45) is 0 Å². The fourth-order valence-electron chi connectivity index (χ4n) is 1.41. The minimum atomic E-state index is -0.964. The molecule has 0 unspecified atom stereocenters. The Morgan fingerprint density at radius 1 is 1.44 bits per heavy atom. The lowest BCUT2D eigenvalue weighted by Gasteiger charge is -2.05. The predicted molar refractivity (Wildman–Crippen MR) is 67.5 cm³/mol. The zero-order valence-electron chi connectivity index (χ0n) is 9.41. The first-order chi connectivity index (χ1) is 8.66. The molecule has 2 aromatic heterocycles. The number of carbonyl (C=O) groups is 1. The summed E-state index contributed by atoms with van der Waals surface area (Å²) in [5, 5.41) is 10.4. The average Bonchev–Trinajstić information content (AvgIpc) is 2.80. The summed E-state index contributed by atoms with van der Waals surface area (Å²) in [7, 11) is 0. The molecular weight excluding hydrogens is 254 g/mol. The average molecular weight is 265 g/mol. The van der Waals surface area contributed by atoms with Crippen LogP contribution in [0.3, 0.4) is 0 Å². The highest BCUT2D eigenvalue weighted by Crippen LogP contribution is 2.21. The molecule has 0 bridgehead atoms. The quantitative estimate of drug-likeness (QED) is 0.893. The first-order valence-electron chi connectivity index (χ1n) is 5.27. The van der Waals surface area contributed by atoms with Crippen molar-refractivity contribution in [1.82, 2.24) is 4.57 Å². The molecule has 0 amide bonds. The number of ether oxygens (including phenoxy) is 1. The Morgan fingerprint density at radius 3 is 2.94 bits per heavy atom. The summed E-state index contributed by atoms with van der Waals surface area (Å²) in [4.78, 5) is 22.3. The fraction of sp³-hybridized carbons (Fsp3) is 0.167. The molecule has 0 aliphatic rings. The maximum absolute atomic E-state index is 11.4. The van der Waals surface area contributed by atoms with Crippen molar-refractivity contribution in [3.8, 4) is 5.75 Å². The van der Waals surface area contributed by atoms with E-state index in [4.69, 9.17) is 9.84 Å². The third-order valence-electron chi connectivity index (χ3n) is 2.29. The molecule has 0 aliphatic carbocycles. The second-order valence-electron chi connectivity index (χ2n) is 3.53. The highest BCUT2D eigenvalue weighted by atomic mass is 32.1. The van der Waals surface area contributed by atoms with Crippen LogP contribution >= 0.6 is 11.3 Å². The van der Waals surface area contributed by atoms with Gasteiger partial charge in [-0.25, -0.2) is 4.79 Å². The van der Waals surface area contributed by atoms with Crippen LogP contribution in [0.4, 0.5) is 0 Å². The third kappa shape index (κ3) is 2.98. The van der Waals surface area contributed by atoms with Crippen LogP contribution in [0.2, 0.25) is 0 Å². The summed E-state index contributed by atoms with van der Waals surface area (Å²) >= 11 is 1.11. The van der Waals surface area contributed by atoms with Crippen LogP contribution in [0.25, 0.3) is 0 Å². The molecular formula is C12H11NO4S. The van der Waals surface area contributed by atoms with E-state index in [2.05, 4.69) is 0 Å². The number of hydrogen-bond acceptors (Lipinski definition) is 4. The van der Waals surface area contributed by atoms with E-state index in [-0.39, 0.29) is 10.4 Å². The second-order valence-corrected chi connectivity index (χ2v) is 4.44. The largest absolute Gasteiger partial charge is 0.491 e. The Balaban J connectivity index is 1.90. The Hall–Kier alpha value is -2.08. The molecule has 18 heavy (non-hydrogen) atoms. The number of carboxylic acid groups (broad SMARTS) is 1. The number of pyridine rings is 1. The molecule has 0 radical (unpaired) electrons. The summed E-state index contributed by atoms with van der Waals surface area (Å²) in [6, 6.07) is 6.40. The molecule has 0 atom stereocenters. The normalized spacial score (nSPS) is 10.2. The summed E-state index contributed by atoms with van der Waals surface area (Å²) < 4.78 is 6.92. The lowest BCUT2D eigenvalue weighted by atomic mass is 10.4. The number of aromatic carboxylic acids is 1. The van der Waals surface area contributed by atoms with E-state index >= 15 is 0 Å². The number of nitrogens with zero attached hydrogens (tertiary/aromatic N) is 1. The lowest BCUT2D eigenvalue weighted by molar-refractivity contribution is 0.0702. The van der Waals surface area contributed by atoms with Gasteiger partial charge in [-0.15, -0.1) is 11.3 Å². The van der Waals surface area contributed by atoms with Gasteiger partial charge in [-0.05, 0) is 6.07 Å². The first-order valence-corrected chi connectivity index (χ1v) is 6.15. The van der Waals surface area contributed by atoms with Crippen LogP contribution in [-0.2, 0) is 6.54 Å². The van der Waals surface area contributed by atoms with Crippen molar-refractivity contribution in [3.05, 3.63) is 51.1 Å². The van der Waals surface area contributed by atoms with E-state index in [0.717, 1.165) is 11.3 Å². The Kier molecular flexibility index (Phi) is 3.78. The Bertz CT molecular complexity index is 602.